The van der Waals surface area contributed by atoms with E-state index in [1.807, 2.05) is 0 Å². The van der Waals surface area contributed by atoms with Crippen LogP contribution in [0.2, 0.25) is 0 Å². The van der Waals surface area contributed by atoms with Gasteiger partial charge in [-0.3, -0.25) is 0 Å². The number of hydrogen-bond donors (Lipinski definition) is 1. The van der Waals surface area contributed by atoms with Crippen LogP contribution in [0.4, 0.5) is 5.82 Å². The molecule has 1 aromatic rings. The number of hydrogen-bond acceptors (Lipinski definition) is 3. The predicted molar refractivity (Wildman–Crippen MR) is 87.5 cm³/mol. The van der Waals surface area contributed by atoms with Gasteiger partial charge in [-0.05, 0) is 50.4 Å². The third-order valence-corrected chi connectivity index (χ3v) is 5.37. The van der Waals surface area contributed by atoms with Gasteiger partial charge in [0.1, 0.15) is 12.1 Å². The van der Waals surface area contributed by atoms with Gasteiger partial charge < -0.3 is 5.32 Å². The van der Waals surface area contributed by atoms with E-state index in [9.17, 15) is 0 Å². The molecule has 2 aliphatic carbocycles. The van der Waals surface area contributed by atoms with Crippen molar-refractivity contribution < 1.29 is 0 Å². The molecule has 1 heterocycles. The molecule has 1 aromatic heterocycles. The quantitative estimate of drug-likeness (QED) is 0.839. The largest absolute Gasteiger partial charge is 0.367 e. The number of aromatic nitrogens is 2. The molecule has 1 N–H and O–H groups in total. The highest BCUT2D eigenvalue weighted by molar-refractivity contribution is 5.47. The predicted octanol–water partition coefficient (Wildman–Crippen LogP) is 4.37. The number of anilines is 1. The van der Waals surface area contributed by atoms with Crippen LogP contribution in [0.5, 0.6) is 0 Å². The maximum Gasteiger partial charge on any atom is 0.133 e. The van der Waals surface area contributed by atoms with Crippen molar-refractivity contribution in [1.29, 1.82) is 0 Å². The van der Waals surface area contributed by atoms with E-state index in [0.717, 1.165) is 30.5 Å². The molecule has 3 nitrogen and oxygen atoms in total. The van der Waals surface area contributed by atoms with Gasteiger partial charge in [-0.15, -0.1) is 0 Å². The van der Waals surface area contributed by atoms with Gasteiger partial charge in [0.05, 0.1) is 0 Å². The van der Waals surface area contributed by atoms with Gasteiger partial charge in [0, 0.05) is 17.3 Å². The van der Waals surface area contributed by atoms with Gasteiger partial charge in [-0.25, -0.2) is 9.97 Å². The molecule has 0 aromatic carbocycles. The molecule has 2 aliphatic rings. The Kier molecular flexibility index (Phi) is 4.77. The third kappa shape index (κ3) is 3.38. The number of aryl methyl sites for hydroxylation is 1. The van der Waals surface area contributed by atoms with Crippen LogP contribution in [-0.4, -0.2) is 16.0 Å². The summed E-state index contributed by atoms with van der Waals surface area (Å²) in [5, 5.41) is 3.82. The summed E-state index contributed by atoms with van der Waals surface area (Å²) in [6.07, 6.45) is 13.3. The SMILES string of the molecule is CC(C)C1CCCCC1Nc1ncnc2c1CCCCC2. The van der Waals surface area contributed by atoms with E-state index in [4.69, 9.17) is 0 Å². The second-order valence-corrected chi connectivity index (χ2v) is 7.15. The third-order valence-electron chi connectivity index (χ3n) is 5.37. The fourth-order valence-electron chi connectivity index (χ4n) is 4.13. The first kappa shape index (κ1) is 14.8. The lowest BCUT2D eigenvalue weighted by Gasteiger charge is -2.35. The number of nitrogens with one attached hydrogen (secondary N) is 1. The van der Waals surface area contributed by atoms with Crippen molar-refractivity contribution in [3.05, 3.63) is 17.6 Å². The number of fused-ring (bicyclic) bond motifs is 1. The molecule has 0 bridgehead atoms. The summed E-state index contributed by atoms with van der Waals surface area (Å²) in [4.78, 5) is 9.14. The average molecular weight is 287 g/mol. The van der Waals surface area contributed by atoms with E-state index in [-0.39, 0.29) is 0 Å². The fraction of sp³-hybridized carbons (Fsp3) is 0.778. The van der Waals surface area contributed by atoms with Crippen LogP contribution < -0.4 is 5.32 Å². The van der Waals surface area contributed by atoms with Crippen LogP contribution in [0.1, 0.15) is 70.1 Å². The minimum atomic E-state index is 0.598. The van der Waals surface area contributed by atoms with Crippen LogP contribution in [-0.2, 0) is 12.8 Å². The van der Waals surface area contributed by atoms with Crippen molar-refractivity contribution in [3.63, 3.8) is 0 Å². The first-order valence-electron chi connectivity index (χ1n) is 8.85. The Morgan fingerprint density at radius 3 is 2.67 bits per heavy atom. The zero-order valence-electron chi connectivity index (χ0n) is 13.6. The molecule has 0 spiro atoms. The minimum Gasteiger partial charge on any atom is -0.367 e. The molecular formula is C18H29N3. The fourth-order valence-corrected chi connectivity index (χ4v) is 4.13. The lowest BCUT2D eigenvalue weighted by molar-refractivity contribution is 0.253. The second-order valence-electron chi connectivity index (χ2n) is 7.15. The molecule has 116 valence electrons. The van der Waals surface area contributed by atoms with Gasteiger partial charge in [0.15, 0.2) is 0 Å². The Balaban J connectivity index is 1.80. The summed E-state index contributed by atoms with van der Waals surface area (Å²) in [6, 6.07) is 0.598. The molecule has 2 unspecified atom stereocenters. The average Bonchev–Trinajstić information content (AvgIpc) is 2.74. The van der Waals surface area contributed by atoms with E-state index >= 15 is 0 Å². The summed E-state index contributed by atoms with van der Waals surface area (Å²) in [5.41, 5.74) is 2.70. The van der Waals surface area contributed by atoms with Gasteiger partial charge in [-0.1, -0.05) is 33.1 Å². The van der Waals surface area contributed by atoms with Crippen LogP contribution in [0.15, 0.2) is 6.33 Å². The van der Waals surface area contributed by atoms with E-state index in [1.54, 1.807) is 6.33 Å². The van der Waals surface area contributed by atoms with Crippen LogP contribution in [0.3, 0.4) is 0 Å². The summed E-state index contributed by atoms with van der Waals surface area (Å²) >= 11 is 0. The maximum atomic E-state index is 4.60. The van der Waals surface area contributed by atoms with Crippen LogP contribution >= 0.6 is 0 Å². The Labute approximate surface area is 129 Å². The van der Waals surface area contributed by atoms with Crippen molar-refractivity contribution in [2.45, 2.75) is 77.7 Å². The van der Waals surface area contributed by atoms with Gasteiger partial charge in [0.2, 0.25) is 0 Å². The van der Waals surface area contributed by atoms with Crippen molar-refractivity contribution in [1.82, 2.24) is 9.97 Å². The van der Waals surface area contributed by atoms with Crippen LogP contribution in [0, 0.1) is 11.8 Å². The minimum absolute atomic E-state index is 0.598. The van der Waals surface area contributed by atoms with E-state index in [1.165, 1.54) is 56.2 Å². The summed E-state index contributed by atoms with van der Waals surface area (Å²) in [5.74, 6) is 2.68. The molecule has 0 saturated heterocycles. The smallest absolute Gasteiger partial charge is 0.133 e. The highest BCUT2D eigenvalue weighted by atomic mass is 15.0. The van der Waals surface area contributed by atoms with Gasteiger partial charge in [-0.2, -0.15) is 0 Å². The second kappa shape index (κ2) is 6.76. The van der Waals surface area contributed by atoms with E-state index in [2.05, 4.69) is 29.1 Å². The standard InChI is InChI=1S/C18H29N3/c1-13(2)14-8-6-7-11-17(14)21-18-15-9-4-3-5-10-16(15)19-12-20-18/h12-14,17H,3-11H2,1-2H3,(H,19,20,21). The first-order chi connectivity index (χ1) is 10.3. The monoisotopic (exact) mass is 287 g/mol. The van der Waals surface area contributed by atoms with Gasteiger partial charge in [0.25, 0.3) is 0 Å². The van der Waals surface area contributed by atoms with Crippen LogP contribution in [0.25, 0.3) is 0 Å². The maximum absolute atomic E-state index is 4.60. The van der Waals surface area contributed by atoms with Crippen molar-refractivity contribution >= 4 is 5.82 Å². The van der Waals surface area contributed by atoms with Crippen molar-refractivity contribution in [2.24, 2.45) is 11.8 Å². The molecule has 1 saturated carbocycles. The Morgan fingerprint density at radius 1 is 1.00 bits per heavy atom. The summed E-state index contributed by atoms with van der Waals surface area (Å²) in [7, 11) is 0. The molecule has 21 heavy (non-hydrogen) atoms. The first-order valence-corrected chi connectivity index (χ1v) is 8.85. The molecule has 3 heteroatoms. The normalized spacial score (nSPS) is 26.2. The highest BCUT2D eigenvalue weighted by Crippen LogP contribution is 2.33. The molecule has 0 amide bonds. The lowest BCUT2D eigenvalue weighted by atomic mass is 9.78. The molecular weight excluding hydrogens is 258 g/mol. The van der Waals surface area contributed by atoms with Gasteiger partial charge >= 0.3 is 0 Å². The topological polar surface area (TPSA) is 37.8 Å². The van der Waals surface area contributed by atoms with Crippen molar-refractivity contribution in [2.75, 3.05) is 5.32 Å². The molecule has 0 aliphatic heterocycles. The Hall–Kier alpha value is -1.12. The van der Waals surface area contributed by atoms with Crippen molar-refractivity contribution in [3.8, 4) is 0 Å². The Bertz CT molecular complexity index is 470. The van der Waals surface area contributed by atoms with E-state index < -0.39 is 0 Å². The van der Waals surface area contributed by atoms with E-state index in [0.29, 0.717) is 6.04 Å². The molecule has 0 radical (unpaired) electrons. The zero-order valence-corrected chi connectivity index (χ0v) is 13.6. The molecule has 3 rings (SSSR count). The number of nitrogens with zero attached hydrogens (tertiary/aromatic N) is 2. The lowest BCUT2D eigenvalue weighted by Crippen LogP contribution is -2.36. The summed E-state index contributed by atoms with van der Waals surface area (Å²) in [6.45, 7) is 4.73. The number of rotatable bonds is 3. The zero-order chi connectivity index (χ0) is 14.7. The Morgan fingerprint density at radius 2 is 1.81 bits per heavy atom. The molecule has 1 fully saturated rings. The molecule has 2 atom stereocenters. The summed E-state index contributed by atoms with van der Waals surface area (Å²) < 4.78 is 0. The highest BCUT2D eigenvalue weighted by Gasteiger charge is 2.28.